The molecular formula is C16H24N2O. The van der Waals surface area contributed by atoms with Crippen LogP contribution in [0.5, 0.6) is 0 Å². The number of hydrogen-bond acceptors (Lipinski definition) is 2. The lowest BCUT2D eigenvalue weighted by atomic mass is 10.1. The maximum absolute atomic E-state index is 5.15. The van der Waals surface area contributed by atoms with Gasteiger partial charge in [0.2, 0.25) is 0 Å². The molecule has 0 amide bonds. The average molecular weight is 260 g/mol. The standard InChI is InChI=1S/C16H24N2O/c1-13(2)11-17-12-14-4-5-15-6-7-18(8-9-19-3)16(15)10-14/h4-7,10,13,17H,8-9,11-12H2,1-3H3. The molecule has 0 radical (unpaired) electrons. The van der Waals surface area contributed by atoms with Crippen LogP contribution in [-0.4, -0.2) is 24.8 Å². The predicted molar refractivity (Wildman–Crippen MR) is 80.4 cm³/mol. The Morgan fingerprint density at radius 2 is 2.11 bits per heavy atom. The number of benzene rings is 1. The van der Waals surface area contributed by atoms with Gasteiger partial charge in [-0.05, 0) is 35.5 Å². The molecule has 0 saturated heterocycles. The lowest BCUT2D eigenvalue weighted by molar-refractivity contribution is 0.188. The molecule has 3 heteroatoms. The largest absolute Gasteiger partial charge is 0.383 e. The van der Waals surface area contributed by atoms with E-state index in [0.717, 1.165) is 26.2 Å². The van der Waals surface area contributed by atoms with Crippen molar-refractivity contribution >= 4 is 10.9 Å². The van der Waals surface area contributed by atoms with E-state index in [9.17, 15) is 0 Å². The van der Waals surface area contributed by atoms with Crippen LogP contribution in [0.1, 0.15) is 19.4 Å². The number of rotatable bonds is 7. The number of nitrogens with zero attached hydrogens (tertiary/aromatic N) is 1. The first-order chi connectivity index (χ1) is 9.20. The molecule has 2 rings (SSSR count). The first-order valence-electron chi connectivity index (χ1n) is 6.98. The Bertz CT molecular complexity index is 516. The average Bonchev–Trinajstić information content (AvgIpc) is 2.78. The molecule has 0 atom stereocenters. The van der Waals surface area contributed by atoms with Gasteiger partial charge in [0.1, 0.15) is 0 Å². The van der Waals surface area contributed by atoms with Crippen LogP contribution in [-0.2, 0) is 17.8 Å². The van der Waals surface area contributed by atoms with Gasteiger partial charge in [-0.25, -0.2) is 0 Å². The van der Waals surface area contributed by atoms with E-state index < -0.39 is 0 Å². The molecule has 1 N–H and O–H groups in total. The SMILES string of the molecule is COCCn1ccc2ccc(CNCC(C)C)cc21. The summed E-state index contributed by atoms with van der Waals surface area (Å²) in [6.07, 6.45) is 2.13. The topological polar surface area (TPSA) is 26.2 Å². The number of aromatic nitrogens is 1. The Morgan fingerprint density at radius 3 is 2.84 bits per heavy atom. The van der Waals surface area contributed by atoms with Crippen LogP contribution >= 0.6 is 0 Å². The summed E-state index contributed by atoms with van der Waals surface area (Å²) >= 11 is 0. The fourth-order valence-electron chi connectivity index (χ4n) is 2.23. The Balaban J connectivity index is 2.09. The number of ether oxygens (including phenoxy) is 1. The number of hydrogen-bond donors (Lipinski definition) is 1. The minimum Gasteiger partial charge on any atom is -0.383 e. The molecule has 0 unspecified atom stereocenters. The molecule has 0 fully saturated rings. The van der Waals surface area contributed by atoms with Crippen LogP contribution in [0.25, 0.3) is 10.9 Å². The van der Waals surface area contributed by atoms with Crippen LogP contribution in [0.2, 0.25) is 0 Å². The summed E-state index contributed by atoms with van der Waals surface area (Å²) in [5, 5.41) is 4.78. The van der Waals surface area contributed by atoms with Gasteiger partial charge in [-0.1, -0.05) is 26.0 Å². The maximum Gasteiger partial charge on any atom is 0.0641 e. The molecular weight excluding hydrogens is 236 g/mol. The van der Waals surface area contributed by atoms with Gasteiger partial charge in [-0.15, -0.1) is 0 Å². The molecule has 1 aromatic carbocycles. The van der Waals surface area contributed by atoms with E-state index in [-0.39, 0.29) is 0 Å². The Morgan fingerprint density at radius 1 is 1.26 bits per heavy atom. The van der Waals surface area contributed by atoms with E-state index in [1.165, 1.54) is 16.5 Å². The molecule has 19 heavy (non-hydrogen) atoms. The third-order valence-corrected chi connectivity index (χ3v) is 3.26. The second-order valence-corrected chi connectivity index (χ2v) is 5.42. The lowest BCUT2D eigenvalue weighted by Gasteiger charge is -2.09. The summed E-state index contributed by atoms with van der Waals surface area (Å²) in [7, 11) is 1.74. The molecule has 0 aliphatic rings. The van der Waals surface area contributed by atoms with Gasteiger partial charge < -0.3 is 14.6 Å². The zero-order valence-electron chi connectivity index (χ0n) is 12.1. The third-order valence-electron chi connectivity index (χ3n) is 3.26. The van der Waals surface area contributed by atoms with Crippen LogP contribution in [0, 0.1) is 5.92 Å². The van der Waals surface area contributed by atoms with Crippen molar-refractivity contribution in [2.75, 3.05) is 20.3 Å². The highest BCUT2D eigenvalue weighted by atomic mass is 16.5. The summed E-state index contributed by atoms with van der Waals surface area (Å²) in [5.41, 5.74) is 2.63. The maximum atomic E-state index is 5.15. The van der Waals surface area contributed by atoms with Crippen molar-refractivity contribution in [3.8, 4) is 0 Å². The number of nitrogens with one attached hydrogen (secondary N) is 1. The van der Waals surface area contributed by atoms with Crippen molar-refractivity contribution in [1.82, 2.24) is 9.88 Å². The van der Waals surface area contributed by atoms with Crippen LogP contribution in [0.3, 0.4) is 0 Å². The van der Waals surface area contributed by atoms with Crippen LogP contribution in [0.4, 0.5) is 0 Å². The van der Waals surface area contributed by atoms with Crippen molar-refractivity contribution in [2.45, 2.75) is 26.9 Å². The highest BCUT2D eigenvalue weighted by Crippen LogP contribution is 2.17. The van der Waals surface area contributed by atoms with Gasteiger partial charge in [0.15, 0.2) is 0 Å². The van der Waals surface area contributed by atoms with Crippen molar-refractivity contribution in [2.24, 2.45) is 5.92 Å². The second kappa shape index (κ2) is 6.73. The smallest absolute Gasteiger partial charge is 0.0641 e. The molecule has 0 bridgehead atoms. The van der Waals surface area contributed by atoms with Gasteiger partial charge in [-0.2, -0.15) is 0 Å². The second-order valence-electron chi connectivity index (χ2n) is 5.42. The van der Waals surface area contributed by atoms with Gasteiger partial charge in [0.25, 0.3) is 0 Å². The van der Waals surface area contributed by atoms with Crippen LogP contribution in [0.15, 0.2) is 30.5 Å². The molecule has 0 aliphatic carbocycles. The summed E-state index contributed by atoms with van der Waals surface area (Å²) in [6.45, 7) is 8.10. The lowest BCUT2D eigenvalue weighted by Crippen LogP contribution is -2.18. The highest BCUT2D eigenvalue weighted by Gasteiger charge is 2.02. The molecule has 104 valence electrons. The molecule has 0 aliphatic heterocycles. The normalized spacial score (nSPS) is 11.6. The zero-order valence-corrected chi connectivity index (χ0v) is 12.1. The number of methoxy groups -OCH3 is 1. The first kappa shape index (κ1) is 14.1. The third kappa shape index (κ3) is 3.82. The molecule has 2 aromatic rings. The van der Waals surface area contributed by atoms with Crippen molar-refractivity contribution in [3.05, 3.63) is 36.0 Å². The van der Waals surface area contributed by atoms with E-state index in [1.54, 1.807) is 7.11 Å². The van der Waals surface area contributed by atoms with E-state index >= 15 is 0 Å². The van der Waals surface area contributed by atoms with Crippen molar-refractivity contribution in [1.29, 1.82) is 0 Å². The molecule has 1 aromatic heterocycles. The fraction of sp³-hybridized carbons (Fsp3) is 0.500. The van der Waals surface area contributed by atoms with Crippen molar-refractivity contribution < 1.29 is 4.74 Å². The van der Waals surface area contributed by atoms with E-state index in [0.29, 0.717) is 5.92 Å². The molecule has 3 nitrogen and oxygen atoms in total. The summed E-state index contributed by atoms with van der Waals surface area (Å²) in [4.78, 5) is 0. The Kier molecular flexibility index (Phi) is 5.00. The van der Waals surface area contributed by atoms with Crippen molar-refractivity contribution in [3.63, 3.8) is 0 Å². The summed E-state index contributed by atoms with van der Waals surface area (Å²) in [6, 6.07) is 8.84. The minimum atomic E-state index is 0.689. The molecule has 0 spiro atoms. The minimum absolute atomic E-state index is 0.689. The molecule has 1 heterocycles. The monoisotopic (exact) mass is 260 g/mol. The highest BCUT2D eigenvalue weighted by molar-refractivity contribution is 5.80. The van der Waals surface area contributed by atoms with Gasteiger partial charge in [0, 0.05) is 31.9 Å². The number of fused-ring (bicyclic) bond motifs is 1. The zero-order chi connectivity index (χ0) is 13.7. The van der Waals surface area contributed by atoms with E-state index in [1.807, 2.05) is 0 Å². The first-order valence-corrected chi connectivity index (χ1v) is 6.98. The summed E-state index contributed by atoms with van der Waals surface area (Å²) < 4.78 is 7.41. The Hall–Kier alpha value is -1.32. The van der Waals surface area contributed by atoms with Crippen LogP contribution < -0.4 is 5.32 Å². The molecule has 0 saturated carbocycles. The Labute approximate surface area is 115 Å². The predicted octanol–water partition coefficient (Wildman–Crippen LogP) is 3.03. The van der Waals surface area contributed by atoms with Gasteiger partial charge in [0.05, 0.1) is 6.61 Å². The fourth-order valence-corrected chi connectivity index (χ4v) is 2.23. The summed E-state index contributed by atoms with van der Waals surface area (Å²) in [5.74, 6) is 0.689. The van der Waals surface area contributed by atoms with Gasteiger partial charge in [-0.3, -0.25) is 0 Å². The quantitative estimate of drug-likeness (QED) is 0.828. The van der Waals surface area contributed by atoms with E-state index in [2.05, 4.69) is 54.2 Å². The van der Waals surface area contributed by atoms with Gasteiger partial charge >= 0.3 is 0 Å². The van der Waals surface area contributed by atoms with E-state index in [4.69, 9.17) is 4.74 Å².